The third-order valence-corrected chi connectivity index (χ3v) is 4.88. The molecule has 3 rings (SSSR count). The van der Waals surface area contributed by atoms with E-state index in [2.05, 4.69) is 24.3 Å². The molecule has 0 aromatic heterocycles. The zero-order chi connectivity index (χ0) is 13.2. The molecule has 3 heteroatoms. The Hall–Kier alpha value is -1.12. The van der Waals surface area contributed by atoms with E-state index in [1.807, 2.05) is 36.9 Å². The first kappa shape index (κ1) is 12.9. The van der Waals surface area contributed by atoms with Crippen molar-refractivity contribution in [2.24, 2.45) is 0 Å². The summed E-state index contributed by atoms with van der Waals surface area (Å²) in [5.74, 6) is 1.86. The molecule has 1 atom stereocenters. The van der Waals surface area contributed by atoms with Gasteiger partial charge in [-0.2, -0.15) is 0 Å². The Kier molecular flexibility index (Phi) is 3.72. The summed E-state index contributed by atoms with van der Waals surface area (Å²) in [5.41, 5.74) is 3.58. The first-order valence-corrected chi connectivity index (χ1v) is 7.84. The van der Waals surface area contributed by atoms with Crippen molar-refractivity contribution in [3.63, 3.8) is 0 Å². The van der Waals surface area contributed by atoms with Crippen molar-refractivity contribution in [2.45, 2.75) is 22.9 Å². The maximum atomic E-state index is 6.73. The summed E-state index contributed by atoms with van der Waals surface area (Å²) in [5, 5.41) is -0.135. The average molecular weight is 291 g/mol. The number of ether oxygens (including phenoxy) is 1. The fourth-order valence-corrected chi connectivity index (χ4v) is 4.01. The van der Waals surface area contributed by atoms with E-state index in [1.165, 1.54) is 16.0 Å². The third-order valence-electron chi connectivity index (χ3n) is 3.28. The van der Waals surface area contributed by atoms with Crippen molar-refractivity contribution in [2.75, 3.05) is 6.61 Å². The van der Waals surface area contributed by atoms with Crippen LogP contribution < -0.4 is 4.74 Å². The van der Waals surface area contributed by atoms with Gasteiger partial charge in [-0.05, 0) is 30.2 Å². The smallest absolute Gasteiger partial charge is 0.124 e. The molecule has 1 aliphatic rings. The molecular formula is C16H15ClOS. The predicted octanol–water partition coefficient (Wildman–Crippen LogP) is 5.02. The fourth-order valence-electron chi connectivity index (χ4n) is 2.42. The van der Waals surface area contributed by atoms with Crippen LogP contribution >= 0.6 is 23.4 Å². The summed E-state index contributed by atoms with van der Waals surface area (Å²) < 4.78 is 5.75. The van der Waals surface area contributed by atoms with Crippen LogP contribution in [0.4, 0.5) is 0 Å². The molecule has 0 saturated heterocycles. The normalized spacial score (nSPS) is 17.3. The van der Waals surface area contributed by atoms with Gasteiger partial charge in [0.25, 0.3) is 0 Å². The number of alkyl halides is 1. The van der Waals surface area contributed by atoms with Crippen LogP contribution in [0, 0.1) is 0 Å². The summed E-state index contributed by atoms with van der Waals surface area (Å²) in [6.07, 6.45) is 0. The Morgan fingerprint density at radius 2 is 2.05 bits per heavy atom. The van der Waals surface area contributed by atoms with Crippen LogP contribution in [-0.4, -0.2) is 6.61 Å². The predicted molar refractivity (Wildman–Crippen MR) is 81.3 cm³/mol. The SMILES string of the molecule is CCOc1cccc2c1C(Cl)c1ccccc1SC2. The number of fused-ring (bicyclic) bond motifs is 2. The summed E-state index contributed by atoms with van der Waals surface area (Å²) in [4.78, 5) is 1.26. The minimum atomic E-state index is -0.135. The number of rotatable bonds is 2. The Morgan fingerprint density at radius 3 is 2.89 bits per heavy atom. The van der Waals surface area contributed by atoms with E-state index in [0.29, 0.717) is 6.61 Å². The Balaban J connectivity index is 2.15. The van der Waals surface area contributed by atoms with E-state index in [-0.39, 0.29) is 5.38 Å². The van der Waals surface area contributed by atoms with Crippen molar-refractivity contribution < 1.29 is 4.74 Å². The zero-order valence-corrected chi connectivity index (χ0v) is 12.3. The Labute approximate surface area is 122 Å². The maximum absolute atomic E-state index is 6.73. The van der Waals surface area contributed by atoms with Crippen LogP contribution in [0.2, 0.25) is 0 Å². The number of benzene rings is 2. The van der Waals surface area contributed by atoms with Gasteiger partial charge in [0.2, 0.25) is 0 Å². The number of hydrogen-bond donors (Lipinski definition) is 0. The van der Waals surface area contributed by atoms with Crippen molar-refractivity contribution in [3.05, 3.63) is 59.2 Å². The second-order valence-electron chi connectivity index (χ2n) is 4.45. The van der Waals surface area contributed by atoms with Crippen molar-refractivity contribution in [1.29, 1.82) is 0 Å². The van der Waals surface area contributed by atoms with Gasteiger partial charge in [-0.15, -0.1) is 23.4 Å². The molecule has 1 unspecified atom stereocenters. The summed E-state index contributed by atoms with van der Waals surface area (Å²) in [6, 6.07) is 14.6. The van der Waals surface area contributed by atoms with Crippen molar-refractivity contribution in [1.82, 2.24) is 0 Å². The lowest BCUT2D eigenvalue weighted by atomic mass is 9.99. The van der Waals surface area contributed by atoms with Crippen LogP contribution in [0.25, 0.3) is 0 Å². The third kappa shape index (κ3) is 2.35. The summed E-state index contributed by atoms with van der Waals surface area (Å²) >= 11 is 8.57. The van der Waals surface area contributed by atoms with Crippen LogP contribution in [0.1, 0.15) is 29.0 Å². The van der Waals surface area contributed by atoms with Gasteiger partial charge in [0.05, 0.1) is 12.0 Å². The van der Waals surface area contributed by atoms with E-state index in [1.54, 1.807) is 0 Å². The molecule has 0 radical (unpaired) electrons. The molecular weight excluding hydrogens is 276 g/mol. The highest BCUT2D eigenvalue weighted by Crippen LogP contribution is 2.45. The van der Waals surface area contributed by atoms with Gasteiger partial charge >= 0.3 is 0 Å². The van der Waals surface area contributed by atoms with Gasteiger partial charge in [0, 0.05) is 16.2 Å². The van der Waals surface area contributed by atoms with Crippen molar-refractivity contribution in [3.8, 4) is 5.75 Å². The quantitative estimate of drug-likeness (QED) is 0.718. The highest BCUT2D eigenvalue weighted by atomic mass is 35.5. The van der Waals surface area contributed by atoms with E-state index < -0.39 is 0 Å². The highest BCUT2D eigenvalue weighted by molar-refractivity contribution is 7.98. The minimum absolute atomic E-state index is 0.135. The fraction of sp³-hybridized carbons (Fsp3) is 0.250. The standard InChI is InChI=1S/C16H15ClOS/c1-2-18-13-8-5-6-11-10-19-14-9-4-3-7-12(14)16(17)15(11)13/h3-9,16H,2,10H2,1H3. The number of thioether (sulfide) groups is 1. The number of halogens is 1. The molecule has 0 amide bonds. The molecule has 1 aliphatic heterocycles. The van der Waals surface area contributed by atoms with Crippen LogP contribution in [0.15, 0.2) is 47.4 Å². The average Bonchev–Trinajstić information content (AvgIpc) is 2.58. The Bertz CT molecular complexity index is 597. The molecule has 2 aromatic carbocycles. The molecule has 1 heterocycles. The largest absolute Gasteiger partial charge is 0.494 e. The van der Waals surface area contributed by atoms with Crippen LogP contribution in [-0.2, 0) is 5.75 Å². The van der Waals surface area contributed by atoms with E-state index in [4.69, 9.17) is 16.3 Å². The second-order valence-corrected chi connectivity index (χ2v) is 5.90. The van der Waals surface area contributed by atoms with Gasteiger partial charge in [0.1, 0.15) is 5.75 Å². The molecule has 0 bridgehead atoms. The van der Waals surface area contributed by atoms with Gasteiger partial charge in [-0.1, -0.05) is 30.3 Å². The van der Waals surface area contributed by atoms with E-state index in [9.17, 15) is 0 Å². The monoisotopic (exact) mass is 290 g/mol. The molecule has 98 valence electrons. The lowest BCUT2D eigenvalue weighted by Gasteiger charge is -2.17. The number of hydrogen-bond acceptors (Lipinski definition) is 2. The van der Waals surface area contributed by atoms with Gasteiger partial charge in [-0.25, -0.2) is 0 Å². The Morgan fingerprint density at radius 1 is 1.21 bits per heavy atom. The second kappa shape index (κ2) is 5.48. The zero-order valence-electron chi connectivity index (χ0n) is 10.7. The molecule has 2 aromatic rings. The van der Waals surface area contributed by atoms with Gasteiger partial charge < -0.3 is 4.74 Å². The molecule has 0 fully saturated rings. The van der Waals surface area contributed by atoms with E-state index in [0.717, 1.165) is 17.1 Å². The minimum Gasteiger partial charge on any atom is -0.494 e. The van der Waals surface area contributed by atoms with Crippen LogP contribution in [0.3, 0.4) is 0 Å². The van der Waals surface area contributed by atoms with E-state index >= 15 is 0 Å². The maximum Gasteiger partial charge on any atom is 0.124 e. The topological polar surface area (TPSA) is 9.23 Å². The molecule has 0 spiro atoms. The van der Waals surface area contributed by atoms with Gasteiger partial charge in [-0.3, -0.25) is 0 Å². The lowest BCUT2D eigenvalue weighted by molar-refractivity contribution is 0.336. The molecule has 0 N–H and O–H groups in total. The first-order chi connectivity index (χ1) is 9.31. The molecule has 0 aliphatic carbocycles. The first-order valence-electron chi connectivity index (χ1n) is 6.41. The highest BCUT2D eigenvalue weighted by Gasteiger charge is 2.25. The lowest BCUT2D eigenvalue weighted by Crippen LogP contribution is -2.02. The summed E-state index contributed by atoms with van der Waals surface area (Å²) in [6.45, 7) is 2.66. The van der Waals surface area contributed by atoms with Gasteiger partial charge in [0.15, 0.2) is 0 Å². The molecule has 19 heavy (non-hydrogen) atoms. The molecule has 0 saturated carbocycles. The summed E-state index contributed by atoms with van der Waals surface area (Å²) in [7, 11) is 0. The van der Waals surface area contributed by atoms with Crippen LogP contribution in [0.5, 0.6) is 5.75 Å². The van der Waals surface area contributed by atoms with Crippen molar-refractivity contribution >= 4 is 23.4 Å². The molecule has 1 nitrogen and oxygen atoms in total.